The summed E-state index contributed by atoms with van der Waals surface area (Å²) in [5.74, 6) is -9.20. The molecule has 2 aromatic carbocycles. The summed E-state index contributed by atoms with van der Waals surface area (Å²) in [4.78, 5) is 128. The average molecular weight is 1140 g/mol. The first-order valence-corrected chi connectivity index (χ1v) is 26.0. The number of nitrogens with zero attached hydrogens (tertiary/aromatic N) is 3. The molecule has 9 amide bonds. The van der Waals surface area contributed by atoms with Crippen molar-refractivity contribution in [3.63, 3.8) is 0 Å². The molecule has 81 heavy (non-hydrogen) atoms. The van der Waals surface area contributed by atoms with E-state index in [2.05, 4.69) is 42.1 Å². The quantitative estimate of drug-likeness (QED) is 0.0594. The number of rotatable bonds is 15. The number of aliphatic hydroxyl groups is 6. The Morgan fingerprint density at radius 2 is 1.46 bits per heavy atom. The molecule has 0 bridgehead atoms. The summed E-state index contributed by atoms with van der Waals surface area (Å²) >= 11 is 0. The van der Waals surface area contributed by atoms with Crippen LogP contribution < -0.4 is 42.0 Å². The van der Waals surface area contributed by atoms with Crippen LogP contribution in [-0.4, -0.2) is 223 Å². The maximum atomic E-state index is 14.6. The number of hydrogen-bond donors (Lipinski definition) is 14. The molecule has 29 heteroatoms. The highest BCUT2D eigenvalue weighted by Crippen LogP contribution is 2.29. The van der Waals surface area contributed by atoms with E-state index in [4.69, 9.17) is 20.8 Å². The molecule has 444 valence electrons. The lowest BCUT2D eigenvalue weighted by Crippen LogP contribution is -2.64. The third kappa shape index (κ3) is 18.3. The summed E-state index contributed by atoms with van der Waals surface area (Å²) in [5, 5.41) is 94.6. The molecule has 0 unspecified atom stereocenters. The molecular formula is C52H72N10O19. The molecule has 13 atom stereocenters. The maximum Gasteiger partial charge on any atom is 0.408 e. The van der Waals surface area contributed by atoms with Gasteiger partial charge in [0.1, 0.15) is 55.1 Å². The van der Waals surface area contributed by atoms with E-state index in [1.165, 1.54) is 45.9 Å². The molecule has 14 N–H and O–H groups in total. The van der Waals surface area contributed by atoms with Crippen molar-refractivity contribution in [2.45, 2.75) is 139 Å². The smallest absolute Gasteiger partial charge is 0.408 e. The Morgan fingerprint density at radius 1 is 0.790 bits per heavy atom. The fourth-order valence-corrected chi connectivity index (χ4v) is 9.07. The predicted octanol–water partition coefficient (Wildman–Crippen LogP) is -4.22. The fraction of sp³-hybridized carbons (Fsp3) is 0.577. The van der Waals surface area contributed by atoms with Gasteiger partial charge in [0.15, 0.2) is 17.6 Å². The number of benzene rings is 2. The monoisotopic (exact) mass is 1140 g/mol. The molecule has 2 aromatic rings. The first kappa shape index (κ1) is 63.9. The zero-order chi connectivity index (χ0) is 59.9. The van der Waals surface area contributed by atoms with E-state index in [0.29, 0.717) is 0 Å². The van der Waals surface area contributed by atoms with Gasteiger partial charge in [0.05, 0.1) is 43.6 Å². The molecule has 0 aromatic heterocycles. The minimum absolute atomic E-state index is 0.0236. The normalized spacial score (nSPS) is 26.3. The SMILES string of the molecule is [C-]#[N+]C[C@@H](O)[C@@H]1NC(=O)[C@H]([C@H](O)Cc2ccc(O)c(OCCNC(=O)CNC(=O)OCc3ccccc3)c2)NC(=O)[C@@H]2C[C@@H](O)CN2C(=O)[C@H]([C@@H](C)O)NC(=O)[C@@H](NC(=O)OC(C)(C)C)C[C@@H](O)CNC(=O)[C@@H]2[C@@H](O)[C@@H](C)CN2C1=O. The number of nitrogens with one attached hydrogen (secondary N) is 7. The van der Waals surface area contributed by atoms with Crippen molar-refractivity contribution in [2.75, 3.05) is 45.9 Å². The van der Waals surface area contributed by atoms with Gasteiger partial charge < -0.3 is 102 Å². The van der Waals surface area contributed by atoms with Crippen LogP contribution in [0.3, 0.4) is 0 Å². The van der Waals surface area contributed by atoms with Gasteiger partial charge in [-0.2, -0.15) is 0 Å². The van der Waals surface area contributed by atoms with Gasteiger partial charge in [-0.05, 0) is 51.0 Å². The Hall–Kier alpha value is -7.88. The molecule has 5 rings (SSSR count). The molecule has 3 aliphatic rings. The largest absolute Gasteiger partial charge is 0.504 e. The van der Waals surface area contributed by atoms with Gasteiger partial charge in [0, 0.05) is 44.8 Å². The summed E-state index contributed by atoms with van der Waals surface area (Å²) in [5.41, 5.74) is -0.218. The molecule has 3 aliphatic heterocycles. The first-order chi connectivity index (χ1) is 38.2. The average Bonchev–Trinajstić information content (AvgIpc) is 4.02. The number of phenols is 1. The van der Waals surface area contributed by atoms with Crippen LogP contribution in [0.4, 0.5) is 9.59 Å². The van der Waals surface area contributed by atoms with Crippen LogP contribution in [0.1, 0.15) is 58.6 Å². The molecule has 29 nitrogen and oxygen atoms in total. The first-order valence-electron chi connectivity index (χ1n) is 26.0. The second-order valence-corrected chi connectivity index (χ2v) is 20.9. The number of phenolic OH excluding ortho intramolecular Hbond substituents is 1. The van der Waals surface area contributed by atoms with Crippen molar-refractivity contribution in [3.8, 4) is 11.5 Å². The van der Waals surface area contributed by atoms with Crippen molar-refractivity contribution in [1.29, 1.82) is 0 Å². The number of carbonyl (C=O) groups is 9. The number of aliphatic hydroxyl groups excluding tert-OH is 6. The third-order valence-electron chi connectivity index (χ3n) is 13.2. The molecule has 0 saturated carbocycles. The number of alkyl carbamates (subject to hydrolysis) is 2. The van der Waals surface area contributed by atoms with E-state index in [0.717, 1.165) is 22.3 Å². The number of β-amino-alcohol motifs (C(OH)–C–C–N with tert-alkyl or cyclic N) is 1. The molecule has 0 radical (unpaired) electrons. The Morgan fingerprint density at radius 3 is 2.12 bits per heavy atom. The minimum Gasteiger partial charge on any atom is -0.504 e. The van der Waals surface area contributed by atoms with Crippen molar-refractivity contribution in [3.05, 3.63) is 71.1 Å². The highest BCUT2D eigenvalue weighted by atomic mass is 16.6. The van der Waals surface area contributed by atoms with Crippen LogP contribution in [0.15, 0.2) is 48.5 Å². The number of fused-ring (bicyclic) bond motifs is 2. The summed E-state index contributed by atoms with van der Waals surface area (Å²) < 4.78 is 16.0. The van der Waals surface area contributed by atoms with Gasteiger partial charge in [-0.15, -0.1) is 0 Å². The predicted molar refractivity (Wildman–Crippen MR) is 279 cm³/mol. The molecular weight excluding hydrogens is 1070 g/mol. The minimum atomic E-state index is -2.15. The van der Waals surface area contributed by atoms with E-state index in [-0.39, 0.29) is 37.6 Å². The van der Waals surface area contributed by atoms with E-state index in [1.54, 1.807) is 30.3 Å². The summed E-state index contributed by atoms with van der Waals surface area (Å²) in [6.45, 7) is 11.3. The van der Waals surface area contributed by atoms with Crippen molar-refractivity contribution in [1.82, 2.24) is 47.0 Å². The van der Waals surface area contributed by atoms with Crippen molar-refractivity contribution < 1.29 is 93.1 Å². The molecule has 3 saturated heterocycles. The van der Waals surface area contributed by atoms with E-state index in [9.17, 15) is 78.9 Å². The highest BCUT2D eigenvalue weighted by molar-refractivity contribution is 5.98. The summed E-state index contributed by atoms with van der Waals surface area (Å²) in [7, 11) is 0. The Kier molecular flexibility index (Phi) is 22.9. The lowest BCUT2D eigenvalue weighted by molar-refractivity contribution is -0.147. The van der Waals surface area contributed by atoms with Crippen molar-refractivity contribution >= 4 is 53.5 Å². The second kappa shape index (κ2) is 29.0. The van der Waals surface area contributed by atoms with Crippen LogP contribution in [0.2, 0.25) is 0 Å². The van der Waals surface area contributed by atoms with E-state index in [1.807, 2.05) is 0 Å². The third-order valence-corrected chi connectivity index (χ3v) is 13.2. The Balaban J connectivity index is 1.44. The number of carbonyl (C=O) groups excluding carboxylic acids is 9. The maximum absolute atomic E-state index is 14.6. The molecule has 0 spiro atoms. The highest BCUT2D eigenvalue weighted by Gasteiger charge is 2.50. The van der Waals surface area contributed by atoms with Gasteiger partial charge in [-0.3, -0.25) is 33.6 Å². The summed E-state index contributed by atoms with van der Waals surface area (Å²) in [6.07, 6.45) is -14.2. The van der Waals surface area contributed by atoms with Gasteiger partial charge in [0.25, 0.3) is 0 Å². The lowest BCUT2D eigenvalue weighted by Gasteiger charge is -2.33. The number of ether oxygens (including phenoxy) is 3. The van der Waals surface area contributed by atoms with Gasteiger partial charge in [-0.25, -0.2) is 16.2 Å². The Bertz CT molecular complexity index is 2620. The zero-order valence-corrected chi connectivity index (χ0v) is 45.3. The standard InChI is InChI=1S/C52H72N10O19/c1-26-23-62-42(43(26)70)47(74)55-20-30(64)18-32(57-51(78)81-52(3,4)5)44(71)58-39(27(2)63)48(75)61-24-31(65)19-33(61)45(72)59-40(46(73)60-41(49(62)76)36(68)21-53-6)35(67)16-29-12-13-34(66)37(17-29)79-15-14-54-38(69)22-56-50(77)80-25-28-10-8-7-9-11-28/h7-13,17,26-27,30-33,35-36,39-43,63-68,70H,14-16,18-25H2,1-5H3,(H,54,69)(H,55,74)(H,56,77)(H,57,78)(H,58,71)(H,59,72)(H,60,73)/t26-,27+,30+,31+,32-,33-,35+,36+,39-,40-,41-,42-,43-/m0/s1. The van der Waals surface area contributed by atoms with Crippen molar-refractivity contribution in [2.24, 2.45) is 5.92 Å². The lowest BCUT2D eigenvalue weighted by atomic mass is 9.99. The van der Waals surface area contributed by atoms with Crippen LogP contribution in [0.25, 0.3) is 4.85 Å². The molecule has 3 fully saturated rings. The van der Waals surface area contributed by atoms with E-state index < -0.39 is 189 Å². The number of amides is 9. The van der Waals surface area contributed by atoms with Crippen LogP contribution in [0.5, 0.6) is 11.5 Å². The Labute approximate surface area is 465 Å². The molecule has 0 aliphatic carbocycles. The topological polar surface area (TPSA) is 418 Å². The number of hydrogen-bond acceptors (Lipinski definition) is 19. The zero-order valence-electron chi connectivity index (χ0n) is 45.3. The second-order valence-electron chi connectivity index (χ2n) is 20.9. The van der Waals surface area contributed by atoms with E-state index >= 15 is 0 Å². The van der Waals surface area contributed by atoms with Crippen LogP contribution in [0, 0.1) is 12.5 Å². The fourth-order valence-electron chi connectivity index (χ4n) is 9.07. The number of aromatic hydroxyl groups is 1. The van der Waals surface area contributed by atoms with Gasteiger partial charge in [-0.1, -0.05) is 43.3 Å². The molecule has 3 heterocycles. The van der Waals surface area contributed by atoms with Crippen LogP contribution >= 0.6 is 0 Å². The summed E-state index contributed by atoms with van der Waals surface area (Å²) in [6, 6.07) is 1.18. The van der Waals surface area contributed by atoms with Crippen LogP contribution in [-0.2, 0) is 56.1 Å². The van der Waals surface area contributed by atoms with Gasteiger partial charge in [0.2, 0.25) is 47.9 Å². The van der Waals surface area contributed by atoms with Gasteiger partial charge >= 0.3 is 12.2 Å².